The van der Waals surface area contributed by atoms with Gasteiger partial charge in [0, 0.05) is 52.5 Å². The molecule has 0 atom stereocenters. The van der Waals surface area contributed by atoms with Crippen molar-refractivity contribution in [2.45, 2.75) is 70.4 Å². The van der Waals surface area contributed by atoms with Gasteiger partial charge in [-0.05, 0) is 18.4 Å². The molecule has 2 amide bonds. The Morgan fingerprint density at radius 2 is 1.73 bits per heavy atom. The summed E-state index contributed by atoms with van der Waals surface area (Å²) in [6.07, 6.45) is 6.77. The van der Waals surface area contributed by atoms with Crippen LogP contribution in [-0.4, -0.2) is 57.9 Å². The standard InChI is InChI=1S/C25H35N5O3/c1-20(31)27-25(13-7-2-3-8-14-25)24-26-22(33-28-24)11-12-23(32)30-17-15-29(16-18-30)19-21-9-5-4-6-10-21/h4-6,9-10H,2-3,7-8,11-19H2,1H3,(H,27,31). The highest BCUT2D eigenvalue weighted by atomic mass is 16.5. The molecule has 2 heterocycles. The fraction of sp³-hybridized carbons (Fsp3) is 0.600. The molecule has 1 aromatic carbocycles. The van der Waals surface area contributed by atoms with Gasteiger partial charge in [-0.1, -0.05) is 61.2 Å². The van der Waals surface area contributed by atoms with Crippen molar-refractivity contribution < 1.29 is 14.1 Å². The molecule has 1 saturated heterocycles. The van der Waals surface area contributed by atoms with Crippen LogP contribution < -0.4 is 5.32 Å². The van der Waals surface area contributed by atoms with Gasteiger partial charge in [0.1, 0.15) is 5.54 Å². The smallest absolute Gasteiger partial charge is 0.227 e. The summed E-state index contributed by atoms with van der Waals surface area (Å²) in [6.45, 7) is 5.70. The average molecular weight is 454 g/mol. The van der Waals surface area contributed by atoms with E-state index in [0.29, 0.717) is 24.6 Å². The third-order valence-corrected chi connectivity index (χ3v) is 6.80. The lowest BCUT2D eigenvalue weighted by Gasteiger charge is -2.34. The molecule has 2 aliphatic rings. The van der Waals surface area contributed by atoms with E-state index in [4.69, 9.17) is 4.52 Å². The molecule has 1 aliphatic carbocycles. The molecule has 178 valence electrons. The maximum absolute atomic E-state index is 12.8. The Bertz CT molecular complexity index is 913. The minimum Gasteiger partial charge on any atom is -0.343 e. The molecule has 0 unspecified atom stereocenters. The summed E-state index contributed by atoms with van der Waals surface area (Å²) < 4.78 is 5.50. The van der Waals surface area contributed by atoms with Gasteiger partial charge in [0.05, 0.1) is 0 Å². The van der Waals surface area contributed by atoms with E-state index in [0.717, 1.165) is 71.2 Å². The van der Waals surface area contributed by atoms with Gasteiger partial charge in [0.15, 0.2) is 5.82 Å². The van der Waals surface area contributed by atoms with Crippen molar-refractivity contribution in [3.8, 4) is 0 Å². The molecule has 4 rings (SSSR count). The number of aryl methyl sites for hydroxylation is 1. The Morgan fingerprint density at radius 3 is 2.39 bits per heavy atom. The van der Waals surface area contributed by atoms with Crippen LogP contribution in [0.1, 0.15) is 69.1 Å². The second-order valence-corrected chi connectivity index (χ2v) is 9.33. The third-order valence-electron chi connectivity index (χ3n) is 6.80. The van der Waals surface area contributed by atoms with Crippen LogP contribution in [0, 0.1) is 0 Å². The maximum atomic E-state index is 12.8. The number of nitrogens with zero attached hydrogens (tertiary/aromatic N) is 4. The van der Waals surface area contributed by atoms with Gasteiger partial charge in [-0.15, -0.1) is 0 Å². The summed E-state index contributed by atoms with van der Waals surface area (Å²) in [4.78, 5) is 33.6. The number of amides is 2. The number of aromatic nitrogens is 2. The van der Waals surface area contributed by atoms with Gasteiger partial charge < -0.3 is 14.7 Å². The van der Waals surface area contributed by atoms with Gasteiger partial charge in [-0.25, -0.2) is 0 Å². The fourth-order valence-electron chi connectivity index (χ4n) is 4.99. The summed E-state index contributed by atoms with van der Waals surface area (Å²) in [5.41, 5.74) is 0.749. The van der Waals surface area contributed by atoms with Crippen molar-refractivity contribution >= 4 is 11.8 Å². The Balaban J connectivity index is 1.28. The molecule has 1 saturated carbocycles. The number of carbonyl (C=O) groups excluding carboxylic acids is 2. The van der Waals surface area contributed by atoms with Crippen molar-refractivity contribution in [2.75, 3.05) is 26.2 Å². The number of benzene rings is 1. The Labute approximate surface area is 195 Å². The zero-order valence-electron chi connectivity index (χ0n) is 19.6. The van der Waals surface area contributed by atoms with Crippen LogP contribution in [0.5, 0.6) is 0 Å². The largest absolute Gasteiger partial charge is 0.343 e. The van der Waals surface area contributed by atoms with Gasteiger partial charge in [0.25, 0.3) is 0 Å². The van der Waals surface area contributed by atoms with E-state index >= 15 is 0 Å². The lowest BCUT2D eigenvalue weighted by molar-refractivity contribution is -0.133. The molecule has 0 radical (unpaired) electrons. The molecule has 33 heavy (non-hydrogen) atoms. The van der Waals surface area contributed by atoms with Gasteiger partial charge in [-0.3, -0.25) is 14.5 Å². The highest BCUT2D eigenvalue weighted by molar-refractivity contribution is 5.76. The summed E-state index contributed by atoms with van der Waals surface area (Å²) in [5.74, 6) is 1.07. The quantitative estimate of drug-likeness (QED) is 0.648. The molecule has 1 aliphatic heterocycles. The summed E-state index contributed by atoms with van der Waals surface area (Å²) in [5, 5.41) is 7.31. The first-order chi connectivity index (χ1) is 16.0. The van der Waals surface area contributed by atoms with E-state index in [1.165, 1.54) is 12.5 Å². The van der Waals surface area contributed by atoms with E-state index < -0.39 is 5.54 Å². The molecular weight excluding hydrogens is 418 g/mol. The molecule has 1 N–H and O–H groups in total. The van der Waals surface area contributed by atoms with Crippen LogP contribution in [0.3, 0.4) is 0 Å². The van der Waals surface area contributed by atoms with Crippen LogP contribution in [0.4, 0.5) is 0 Å². The lowest BCUT2D eigenvalue weighted by atomic mass is 9.89. The van der Waals surface area contributed by atoms with Crippen molar-refractivity contribution in [1.29, 1.82) is 0 Å². The van der Waals surface area contributed by atoms with Crippen LogP contribution in [0.25, 0.3) is 0 Å². The van der Waals surface area contributed by atoms with Crippen LogP contribution >= 0.6 is 0 Å². The first-order valence-electron chi connectivity index (χ1n) is 12.2. The fourth-order valence-corrected chi connectivity index (χ4v) is 4.99. The Kier molecular flexibility index (Phi) is 7.75. The Hall–Kier alpha value is -2.74. The minimum atomic E-state index is -0.552. The number of hydrogen-bond acceptors (Lipinski definition) is 6. The zero-order valence-corrected chi connectivity index (χ0v) is 19.6. The molecule has 8 heteroatoms. The van der Waals surface area contributed by atoms with Crippen molar-refractivity contribution in [3.05, 3.63) is 47.6 Å². The highest BCUT2D eigenvalue weighted by Gasteiger charge is 2.38. The van der Waals surface area contributed by atoms with E-state index in [9.17, 15) is 9.59 Å². The van der Waals surface area contributed by atoms with E-state index in [2.05, 4.69) is 44.6 Å². The monoisotopic (exact) mass is 453 g/mol. The van der Waals surface area contributed by atoms with Crippen LogP contribution in [0.15, 0.2) is 34.9 Å². The van der Waals surface area contributed by atoms with Crippen molar-refractivity contribution in [1.82, 2.24) is 25.3 Å². The predicted molar refractivity (Wildman–Crippen MR) is 124 cm³/mol. The molecule has 2 aromatic rings. The average Bonchev–Trinajstić information content (AvgIpc) is 3.18. The summed E-state index contributed by atoms with van der Waals surface area (Å²) in [6, 6.07) is 10.4. The number of rotatable bonds is 7. The number of hydrogen-bond donors (Lipinski definition) is 1. The topological polar surface area (TPSA) is 91.6 Å². The molecule has 0 bridgehead atoms. The zero-order chi connectivity index (χ0) is 23.1. The maximum Gasteiger partial charge on any atom is 0.227 e. The minimum absolute atomic E-state index is 0.0789. The molecule has 1 aromatic heterocycles. The molecule has 2 fully saturated rings. The van der Waals surface area contributed by atoms with Gasteiger partial charge >= 0.3 is 0 Å². The van der Waals surface area contributed by atoms with Crippen molar-refractivity contribution in [2.24, 2.45) is 0 Å². The molecule has 0 spiro atoms. The van der Waals surface area contributed by atoms with E-state index in [1.54, 1.807) is 0 Å². The van der Waals surface area contributed by atoms with Gasteiger partial charge in [-0.2, -0.15) is 4.98 Å². The van der Waals surface area contributed by atoms with Crippen molar-refractivity contribution in [3.63, 3.8) is 0 Å². The van der Waals surface area contributed by atoms with Gasteiger partial charge in [0.2, 0.25) is 17.7 Å². The lowest BCUT2D eigenvalue weighted by Crippen LogP contribution is -2.48. The first kappa shape index (κ1) is 23.4. The van der Waals surface area contributed by atoms with E-state index in [1.807, 2.05) is 11.0 Å². The Morgan fingerprint density at radius 1 is 1.03 bits per heavy atom. The van der Waals surface area contributed by atoms with Crippen LogP contribution in [0.2, 0.25) is 0 Å². The summed E-state index contributed by atoms with van der Waals surface area (Å²) in [7, 11) is 0. The second-order valence-electron chi connectivity index (χ2n) is 9.33. The van der Waals surface area contributed by atoms with E-state index in [-0.39, 0.29) is 11.8 Å². The highest BCUT2D eigenvalue weighted by Crippen LogP contribution is 2.34. The van der Waals surface area contributed by atoms with Crippen LogP contribution in [-0.2, 0) is 28.1 Å². The third kappa shape index (κ3) is 6.19. The predicted octanol–water partition coefficient (Wildman–Crippen LogP) is 3.03. The number of carbonyl (C=O) groups is 2. The number of piperazine rings is 1. The normalized spacial score (nSPS) is 19.1. The first-order valence-corrected chi connectivity index (χ1v) is 12.2. The number of nitrogens with one attached hydrogen (secondary N) is 1. The second kappa shape index (κ2) is 10.9. The summed E-state index contributed by atoms with van der Waals surface area (Å²) >= 11 is 0. The molecular formula is C25H35N5O3. The SMILES string of the molecule is CC(=O)NC1(c2noc(CCC(=O)N3CCN(Cc4ccccc4)CC3)n2)CCCCCC1. The molecule has 8 nitrogen and oxygen atoms in total.